The fourth-order valence-electron chi connectivity index (χ4n) is 2.78. The molecule has 6 heteroatoms. The Morgan fingerprint density at radius 2 is 1.95 bits per heavy atom. The first-order chi connectivity index (χ1) is 9.29. The highest BCUT2D eigenvalue weighted by Gasteiger charge is 2.36. The van der Waals surface area contributed by atoms with E-state index in [0.29, 0.717) is 6.54 Å². The molecule has 1 saturated carbocycles. The summed E-state index contributed by atoms with van der Waals surface area (Å²) < 4.78 is 0. The topological polar surface area (TPSA) is 95.7 Å². The molecule has 1 rings (SSSR count). The highest BCUT2D eigenvalue weighted by molar-refractivity contribution is 5.86. The third kappa shape index (κ3) is 4.37. The first kappa shape index (κ1) is 16.8. The van der Waals surface area contributed by atoms with Crippen molar-refractivity contribution in [3.8, 4) is 0 Å². The lowest BCUT2D eigenvalue weighted by Crippen LogP contribution is -2.54. The van der Waals surface area contributed by atoms with Gasteiger partial charge in [-0.1, -0.05) is 33.1 Å². The molecule has 20 heavy (non-hydrogen) atoms. The summed E-state index contributed by atoms with van der Waals surface area (Å²) >= 11 is 0. The maximum absolute atomic E-state index is 12.5. The van der Waals surface area contributed by atoms with Crippen LogP contribution in [-0.2, 0) is 4.79 Å². The highest BCUT2D eigenvalue weighted by atomic mass is 16.3. The van der Waals surface area contributed by atoms with Crippen LogP contribution in [0.15, 0.2) is 0 Å². The van der Waals surface area contributed by atoms with Crippen LogP contribution in [0.25, 0.3) is 0 Å². The Balaban J connectivity index is 2.69. The molecule has 0 aromatic heterocycles. The van der Waals surface area contributed by atoms with Gasteiger partial charge in [-0.25, -0.2) is 4.79 Å². The summed E-state index contributed by atoms with van der Waals surface area (Å²) in [5, 5.41) is 12.9. The zero-order valence-corrected chi connectivity index (χ0v) is 12.7. The van der Waals surface area contributed by atoms with Crippen LogP contribution >= 0.6 is 0 Å². The molecule has 0 radical (unpaired) electrons. The summed E-state index contributed by atoms with van der Waals surface area (Å²) in [4.78, 5) is 25.0. The molecule has 4 N–H and O–H groups in total. The van der Waals surface area contributed by atoms with Crippen molar-refractivity contribution in [3.63, 3.8) is 0 Å². The Morgan fingerprint density at radius 3 is 2.40 bits per heavy atom. The summed E-state index contributed by atoms with van der Waals surface area (Å²) in [6.45, 7) is 4.16. The summed E-state index contributed by atoms with van der Waals surface area (Å²) in [7, 11) is 1.66. The van der Waals surface area contributed by atoms with Gasteiger partial charge in [-0.15, -0.1) is 0 Å². The third-order valence-electron chi connectivity index (χ3n) is 4.22. The van der Waals surface area contributed by atoms with E-state index in [4.69, 9.17) is 5.73 Å². The minimum atomic E-state index is -0.781. The SMILES string of the molecule is CCC(C)C(NC(N)=O)C(=O)N(C)CC1(O)CCCC1. The molecule has 1 aliphatic rings. The molecule has 0 spiro atoms. The fourth-order valence-corrected chi connectivity index (χ4v) is 2.78. The number of carbonyl (C=O) groups is 2. The van der Waals surface area contributed by atoms with Gasteiger partial charge in [0.25, 0.3) is 0 Å². The van der Waals surface area contributed by atoms with Gasteiger partial charge in [0.1, 0.15) is 6.04 Å². The lowest BCUT2D eigenvalue weighted by atomic mass is 9.96. The van der Waals surface area contributed by atoms with Crippen LogP contribution in [0, 0.1) is 5.92 Å². The molecular weight excluding hydrogens is 258 g/mol. The van der Waals surface area contributed by atoms with Crippen molar-refractivity contribution in [2.24, 2.45) is 11.7 Å². The van der Waals surface area contributed by atoms with Crippen LogP contribution in [-0.4, -0.2) is 47.2 Å². The van der Waals surface area contributed by atoms with Gasteiger partial charge in [0, 0.05) is 13.6 Å². The molecule has 3 amide bonds. The summed E-state index contributed by atoms with van der Waals surface area (Å²) in [6, 6.07) is -1.33. The van der Waals surface area contributed by atoms with Crippen molar-refractivity contribution in [2.75, 3.05) is 13.6 Å². The molecule has 1 aliphatic carbocycles. The predicted octanol–water partition coefficient (Wildman–Crippen LogP) is 0.833. The number of carbonyl (C=O) groups excluding carboxylic acids is 2. The maximum atomic E-state index is 12.5. The number of rotatable bonds is 6. The molecule has 0 aromatic carbocycles. The number of nitrogens with zero attached hydrogens (tertiary/aromatic N) is 1. The maximum Gasteiger partial charge on any atom is 0.312 e. The van der Waals surface area contributed by atoms with Crippen LogP contribution in [0.4, 0.5) is 4.79 Å². The second-order valence-corrected chi connectivity index (χ2v) is 6.00. The van der Waals surface area contributed by atoms with Crippen LogP contribution in [0.2, 0.25) is 0 Å². The summed E-state index contributed by atoms with van der Waals surface area (Å²) in [5.41, 5.74) is 4.36. The standard InChI is InChI=1S/C14H27N3O3/c1-4-10(2)11(16-13(15)19)12(18)17(3)9-14(20)7-5-6-8-14/h10-11,20H,4-9H2,1-3H3,(H3,15,16,19). The molecule has 0 aliphatic heterocycles. The Kier molecular flexibility index (Phi) is 5.80. The average Bonchev–Trinajstić information content (AvgIpc) is 2.80. The van der Waals surface area contributed by atoms with Crippen molar-refractivity contribution >= 4 is 11.9 Å². The first-order valence-corrected chi connectivity index (χ1v) is 7.32. The van der Waals surface area contributed by atoms with Gasteiger partial charge in [0.15, 0.2) is 0 Å². The molecule has 2 unspecified atom stereocenters. The minimum absolute atomic E-state index is 0.00401. The fraction of sp³-hybridized carbons (Fsp3) is 0.857. The summed E-state index contributed by atoms with van der Waals surface area (Å²) in [5.74, 6) is -0.200. The van der Waals surface area contributed by atoms with Gasteiger partial charge < -0.3 is 21.1 Å². The van der Waals surface area contributed by atoms with Gasteiger partial charge in [-0.2, -0.15) is 0 Å². The molecular formula is C14H27N3O3. The van der Waals surface area contributed by atoms with Gasteiger partial charge in [-0.05, 0) is 18.8 Å². The van der Waals surface area contributed by atoms with Gasteiger partial charge in [0.05, 0.1) is 5.60 Å². The van der Waals surface area contributed by atoms with Crippen LogP contribution in [0.5, 0.6) is 0 Å². The molecule has 0 heterocycles. The smallest absolute Gasteiger partial charge is 0.312 e. The van der Waals surface area contributed by atoms with Crippen LogP contribution in [0.3, 0.4) is 0 Å². The number of likely N-dealkylation sites (N-methyl/N-ethyl adjacent to an activating group) is 1. The van der Waals surface area contributed by atoms with E-state index in [1.807, 2.05) is 13.8 Å². The molecule has 6 nitrogen and oxygen atoms in total. The number of hydrogen-bond acceptors (Lipinski definition) is 3. The van der Waals surface area contributed by atoms with Crippen LogP contribution < -0.4 is 11.1 Å². The molecule has 1 fully saturated rings. The average molecular weight is 285 g/mol. The Bertz CT molecular complexity index is 354. The second-order valence-electron chi connectivity index (χ2n) is 6.00. The van der Waals surface area contributed by atoms with Crippen molar-refractivity contribution in [2.45, 2.75) is 57.6 Å². The Hall–Kier alpha value is -1.30. The van der Waals surface area contributed by atoms with Gasteiger partial charge in [-0.3, -0.25) is 4.79 Å². The van der Waals surface area contributed by atoms with Crippen LogP contribution in [0.1, 0.15) is 46.0 Å². The van der Waals surface area contributed by atoms with E-state index in [1.54, 1.807) is 7.05 Å². The second kappa shape index (κ2) is 6.92. The molecule has 0 aromatic rings. The van der Waals surface area contributed by atoms with Crippen molar-refractivity contribution in [1.82, 2.24) is 10.2 Å². The normalized spacial score (nSPS) is 20.2. The van der Waals surface area contributed by atoms with E-state index in [0.717, 1.165) is 32.1 Å². The third-order valence-corrected chi connectivity index (χ3v) is 4.22. The number of nitrogens with one attached hydrogen (secondary N) is 1. The highest BCUT2D eigenvalue weighted by Crippen LogP contribution is 2.30. The number of hydrogen-bond donors (Lipinski definition) is 3. The van der Waals surface area contributed by atoms with Gasteiger partial charge >= 0.3 is 6.03 Å². The molecule has 0 bridgehead atoms. The Labute approximate surface area is 120 Å². The lowest BCUT2D eigenvalue weighted by molar-refractivity contribution is -0.136. The largest absolute Gasteiger partial charge is 0.388 e. The van der Waals surface area contributed by atoms with Gasteiger partial charge in [0.2, 0.25) is 5.91 Å². The zero-order chi connectivity index (χ0) is 15.3. The quantitative estimate of drug-likeness (QED) is 0.674. The minimum Gasteiger partial charge on any atom is -0.388 e. The van der Waals surface area contributed by atoms with E-state index >= 15 is 0 Å². The summed E-state index contributed by atoms with van der Waals surface area (Å²) in [6.07, 6.45) is 4.19. The molecule has 2 atom stereocenters. The van der Waals surface area contributed by atoms with E-state index < -0.39 is 17.7 Å². The van der Waals surface area contributed by atoms with Crippen molar-refractivity contribution in [1.29, 1.82) is 0 Å². The number of nitrogens with two attached hydrogens (primary N) is 1. The predicted molar refractivity (Wildman–Crippen MR) is 77.0 cm³/mol. The number of amides is 3. The van der Waals surface area contributed by atoms with E-state index in [-0.39, 0.29) is 11.8 Å². The first-order valence-electron chi connectivity index (χ1n) is 7.32. The monoisotopic (exact) mass is 285 g/mol. The number of primary amides is 1. The zero-order valence-electron chi connectivity index (χ0n) is 12.7. The molecule has 0 saturated heterocycles. The molecule has 116 valence electrons. The number of urea groups is 1. The lowest BCUT2D eigenvalue weighted by Gasteiger charge is -2.32. The van der Waals surface area contributed by atoms with E-state index in [9.17, 15) is 14.7 Å². The number of aliphatic hydroxyl groups is 1. The van der Waals surface area contributed by atoms with E-state index in [1.165, 1.54) is 4.90 Å². The van der Waals surface area contributed by atoms with E-state index in [2.05, 4.69) is 5.32 Å². The van der Waals surface area contributed by atoms with Crippen molar-refractivity contribution < 1.29 is 14.7 Å². The van der Waals surface area contributed by atoms with Crippen molar-refractivity contribution in [3.05, 3.63) is 0 Å². The Morgan fingerprint density at radius 1 is 1.40 bits per heavy atom.